The average molecular weight is 557 g/mol. The topological polar surface area (TPSA) is 114 Å². The van der Waals surface area contributed by atoms with Crippen molar-refractivity contribution in [1.29, 1.82) is 5.26 Å². The van der Waals surface area contributed by atoms with Gasteiger partial charge in [0.1, 0.15) is 18.2 Å². The standard InChI is InChI=1S/C25H19BrClN3O5/c1-15-3-6-19(12-22(15)27)29-25(31)18(13-28)9-17-10-21(26)24(23(11-17)34-2)35-14-16-4-7-20(8-5-16)30(32)33/h3-12H,14H2,1-2H3,(H,29,31)/b18-9-. The van der Waals surface area contributed by atoms with Crippen LogP contribution in [0.3, 0.4) is 0 Å². The Morgan fingerprint density at radius 3 is 2.54 bits per heavy atom. The molecule has 10 heteroatoms. The molecule has 0 unspecified atom stereocenters. The SMILES string of the molecule is COc1cc(/C=C(/C#N)C(=O)Nc2ccc(C)c(Cl)c2)cc(Br)c1OCc1ccc([N+](=O)[O-])cc1. The van der Waals surface area contributed by atoms with Crippen molar-refractivity contribution in [1.82, 2.24) is 0 Å². The lowest BCUT2D eigenvalue weighted by Crippen LogP contribution is -2.13. The van der Waals surface area contributed by atoms with Crippen LogP contribution in [0.4, 0.5) is 11.4 Å². The summed E-state index contributed by atoms with van der Waals surface area (Å²) in [5.41, 5.74) is 2.48. The number of anilines is 1. The summed E-state index contributed by atoms with van der Waals surface area (Å²) in [6.07, 6.45) is 1.43. The number of ether oxygens (including phenoxy) is 2. The van der Waals surface area contributed by atoms with E-state index in [0.29, 0.717) is 32.2 Å². The minimum Gasteiger partial charge on any atom is -0.493 e. The second-order valence-electron chi connectivity index (χ2n) is 7.33. The first-order valence-corrected chi connectivity index (χ1v) is 11.3. The second-order valence-corrected chi connectivity index (χ2v) is 8.60. The summed E-state index contributed by atoms with van der Waals surface area (Å²) < 4.78 is 11.8. The van der Waals surface area contributed by atoms with E-state index < -0.39 is 10.8 Å². The minimum atomic E-state index is -0.582. The van der Waals surface area contributed by atoms with Gasteiger partial charge in [-0.25, -0.2) is 0 Å². The summed E-state index contributed by atoms with van der Waals surface area (Å²) in [5, 5.41) is 23.5. The molecule has 1 N–H and O–H groups in total. The lowest BCUT2D eigenvalue weighted by molar-refractivity contribution is -0.384. The van der Waals surface area contributed by atoms with Crippen LogP contribution >= 0.6 is 27.5 Å². The number of methoxy groups -OCH3 is 1. The van der Waals surface area contributed by atoms with Crippen LogP contribution in [0, 0.1) is 28.4 Å². The lowest BCUT2D eigenvalue weighted by atomic mass is 10.1. The molecule has 3 aromatic rings. The Bertz CT molecular complexity index is 1350. The number of hydrogen-bond donors (Lipinski definition) is 1. The van der Waals surface area contributed by atoms with Gasteiger partial charge in [0.2, 0.25) is 0 Å². The zero-order valence-corrected chi connectivity index (χ0v) is 21.0. The number of nitrogens with zero attached hydrogens (tertiary/aromatic N) is 2. The zero-order valence-electron chi connectivity index (χ0n) is 18.7. The summed E-state index contributed by atoms with van der Waals surface area (Å²) in [6.45, 7) is 1.99. The Labute approximate surface area is 215 Å². The van der Waals surface area contributed by atoms with E-state index in [0.717, 1.165) is 11.1 Å². The Hall–Kier alpha value is -3.87. The molecule has 3 rings (SSSR count). The van der Waals surface area contributed by atoms with E-state index >= 15 is 0 Å². The smallest absolute Gasteiger partial charge is 0.269 e. The zero-order chi connectivity index (χ0) is 25.5. The van der Waals surface area contributed by atoms with Crippen molar-refractivity contribution in [3.05, 3.63) is 96.5 Å². The van der Waals surface area contributed by atoms with Crippen molar-refractivity contribution in [2.45, 2.75) is 13.5 Å². The highest BCUT2D eigenvalue weighted by Gasteiger charge is 2.15. The van der Waals surface area contributed by atoms with Gasteiger partial charge in [-0.15, -0.1) is 0 Å². The molecule has 0 radical (unpaired) electrons. The van der Waals surface area contributed by atoms with Gasteiger partial charge >= 0.3 is 0 Å². The van der Waals surface area contributed by atoms with Crippen molar-refractivity contribution >= 4 is 50.9 Å². The predicted molar refractivity (Wildman–Crippen MR) is 137 cm³/mol. The molecular weight excluding hydrogens is 538 g/mol. The molecule has 0 aliphatic heterocycles. The predicted octanol–water partition coefficient (Wildman–Crippen LogP) is 6.45. The molecule has 8 nitrogen and oxygen atoms in total. The third-order valence-electron chi connectivity index (χ3n) is 4.89. The Balaban J connectivity index is 1.79. The molecule has 35 heavy (non-hydrogen) atoms. The van der Waals surface area contributed by atoms with Gasteiger partial charge in [0, 0.05) is 22.8 Å². The molecule has 0 saturated carbocycles. The number of benzene rings is 3. The number of aryl methyl sites for hydroxylation is 1. The molecule has 0 atom stereocenters. The number of hydrogen-bond acceptors (Lipinski definition) is 6. The van der Waals surface area contributed by atoms with Crippen LogP contribution in [0.15, 0.2) is 64.6 Å². The summed E-state index contributed by atoms with van der Waals surface area (Å²) >= 11 is 9.54. The Morgan fingerprint density at radius 1 is 1.23 bits per heavy atom. The van der Waals surface area contributed by atoms with Gasteiger partial charge in [-0.3, -0.25) is 14.9 Å². The molecule has 0 heterocycles. The normalized spacial score (nSPS) is 10.9. The number of halogens is 2. The monoisotopic (exact) mass is 555 g/mol. The molecule has 0 spiro atoms. The van der Waals surface area contributed by atoms with Crippen LogP contribution in [0.5, 0.6) is 11.5 Å². The maximum atomic E-state index is 12.6. The minimum absolute atomic E-state index is 0.00791. The van der Waals surface area contributed by atoms with Crippen LogP contribution in [-0.2, 0) is 11.4 Å². The van der Waals surface area contributed by atoms with E-state index in [9.17, 15) is 20.2 Å². The number of carbonyl (C=O) groups excluding carboxylic acids is 1. The number of nitro benzene ring substituents is 1. The fraction of sp³-hybridized carbons (Fsp3) is 0.120. The van der Waals surface area contributed by atoms with Gasteiger partial charge in [-0.2, -0.15) is 5.26 Å². The van der Waals surface area contributed by atoms with Crippen molar-refractivity contribution < 1.29 is 19.2 Å². The number of non-ortho nitro benzene ring substituents is 1. The number of nitriles is 1. The maximum Gasteiger partial charge on any atom is 0.269 e. The van der Waals surface area contributed by atoms with Gasteiger partial charge in [-0.1, -0.05) is 17.7 Å². The largest absolute Gasteiger partial charge is 0.493 e. The van der Waals surface area contributed by atoms with Crippen LogP contribution in [0.25, 0.3) is 6.08 Å². The Morgan fingerprint density at radius 2 is 1.94 bits per heavy atom. The van der Waals surface area contributed by atoms with Gasteiger partial charge in [0.25, 0.3) is 11.6 Å². The van der Waals surface area contributed by atoms with Crippen molar-refractivity contribution in [2.75, 3.05) is 12.4 Å². The highest BCUT2D eigenvalue weighted by atomic mass is 79.9. The first kappa shape index (κ1) is 25.7. The molecular formula is C25H19BrClN3O5. The second kappa shape index (κ2) is 11.5. The molecule has 0 aromatic heterocycles. The van der Waals surface area contributed by atoms with Crippen molar-refractivity contribution in [3.8, 4) is 17.6 Å². The van der Waals surface area contributed by atoms with Crippen molar-refractivity contribution in [3.63, 3.8) is 0 Å². The number of nitrogens with one attached hydrogen (secondary N) is 1. The number of carbonyl (C=O) groups is 1. The highest BCUT2D eigenvalue weighted by molar-refractivity contribution is 9.10. The third-order valence-corrected chi connectivity index (χ3v) is 5.88. The molecule has 178 valence electrons. The molecule has 0 aliphatic carbocycles. The summed E-state index contributed by atoms with van der Waals surface area (Å²) in [7, 11) is 1.47. The summed E-state index contributed by atoms with van der Waals surface area (Å²) in [5.74, 6) is 0.191. The van der Waals surface area contributed by atoms with Gasteiger partial charge in [-0.05, 0) is 82.0 Å². The third kappa shape index (κ3) is 6.59. The Kier molecular flexibility index (Phi) is 8.47. The van der Waals surface area contributed by atoms with E-state index in [4.69, 9.17) is 21.1 Å². The molecule has 3 aromatic carbocycles. The van der Waals surface area contributed by atoms with E-state index in [1.165, 1.54) is 25.3 Å². The number of rotatable bonds is 8. The fourth-order valence-electron chi connectivity index (χ4n) is 3.02. The van der Waals surface area contributed by atoms with Crippen LogP contribution in [0.1, 0.15) is 16.7 Å². The first-order chi connectivity index (χ1) is 16.7. The maximum absolute atomic E-state index is 12.6. The van der Waals surface area contributed by atoms with Crippen molar-refractivity contribution in [2.24, 2.45) is 0 Å². The van der Waals surface area contributed by atoms with Gasteiger partial charge in [0.05, 0.1) is 16.5 Å². The molecule has 0 aliphatic rings. The van der Waals surface area contributed by atoms with E-state index in [1.807, 2.05) is 13.0 Å². The lowest BCUT2D eigenvalue weighted by Gasteiger charge is -2.14. The molecule has 0 saturated heterocycles. The quantitative estimate of drug-likeness (QED) is 0.148. The number of nitro groups is 1. The average Bonchev–Trinajstić information content (AvgIpc) is 2.84. The van der Waals surface area contributed by atoms with E-state index in [2.05, 4.69) is 21.2 Å². The molecule has 0 bridgehead atoms. The molecule has 1 amide bonds. The first-order valence-electron chi connectivity index (χ1n) is 10.1. The summed E-state index contributed by atoms with van der Waals surface area (Å²) in [4.78, 5) is 23.0. The summed E-state index contributed by atoms with van der Waals surface area (Å²) in [6, 6.07) is 16.3. The van der Waals surface area contributed by atoms with Crippen LogP contribution < -0.4 is 14.8 Å². The van der Waals surface area contributed by atoms with Gasteiger partial charge < -0.3 is 14.8 Å². The fourth-order valence-corrected chi connectivity index (χ4v) is 3.77. The van der Waals surface area contributed by atoms with Gasteiger partial charge in [0.15, 0.2) is 11.5 Å². The van der Waals surface area contributed by atoms with E-state index in [-0.39, 0.29) is 17.9 Å². The highest BCUT2D eigenvalue weighted by Crippen LogP contribution is 2.38. The van der Waals surface area contributed by atoms with Crippen LogP contribution in [-0.4, -0.2) is 17.9 Å². The van der Waals surface area contributed by atoms with E-state index in [1.54, 1.807) is 42.5 Å². The number of amides is 1. The molecule has 0 fully saturated rings. The van der Waals surface area contributed by atoms with Crippen LogP contribution in [0.2, 0.25) is 5.02 Å².